The van der Waals surface area contributed by atoms with Gasteiger partial charge in [-0.15, -0.1) is 5.10 Å². The average molecular weight is 486 g/mol. The Morgan fingerprint density at radius 1 is 1.00 bits per heavy atom. The highest BCUT2D eigenvalue weighted by Crippen LogP contribution is 2.28. The smallest absolute Gasteiger partial charge is 0.278 e. The van der Waals surface area contributed by atoms with Gasteiger partial charge in [-0.05, 0) is 31.4 Å². The fourth-order valence-corrected chi connectivity index (χ4v) is 4.36. The Labute approximate surface area is 208 Å². The predicted octanol–water partition coefficient (Wildman–Crippen LogP) is 2.73. The largest absolute Gasteiger partial charge is 0.324 e. The number of hydrogen-bond donors (Lipinski definition) is 2. The number of aromatic nitrogens is 6. The minimum Gasteiger partial charge on any atom is -0.324 e. The van der Waals surface area contributed by atoms with Crippen LogP contribution in [0.2, 0.25) is 0 Å². The van der Waals surface area contributed by atoms with Crippen LogP contribution in [0.25, 0.3) is 16.6 Å². The van der Waals surface area contributed by atoms with E-state index >= 15 is 0 Å². The topological polar surface area (TPSA) is 130 Å². The normalized spacial score (nSPS) is 14.9. The molecule has 2 amide bonds. The number of nitrogens with one attached hydrogen (secondary N) is 2. The summed E-state index contributed by atoms with van der Waals surface area (Å²) in [5.41, 5.74) is 4.28. The van der Waals surface area contributed by atoms with Gasteiger partial charge >= 0.3 is 0 Å². The average Bonchev–Trinajstić information content (AvgIpc) is 3.24. The van der Waals surface area contributed by atoms with Crippen LogP contribution in [0, 0.1) is 19.3 Å². The first-order valence-corrected chi connectivity index (χ1v) is 11.6. The van der Waals surface area contributed by atoms with E-state index < -0.39 is 5.91 Å². The van der Waals surface area contributed by atoms with Gasteiger partial charge in [-0.1, -0.05) is 25.1 Å². The van der Waals surface area contributed by atoms with Gasteiger partial charge in [0.25, 0.3) is 5.91 Å². The Bertz CT molecular complexity index is 1450. The Morgan fingerprint density at radius 3 is 2.47 bits per heavy atom. The number of carbonyl (C=O) groups excluding carboxylic acids is 2. The molecule has 1 fully saturated rings. The summed E-state index contributed by atoms with van der Waals surface area (Å²) < 4.78 is 1.54. The van der Waals surface area contributed by atoms with Gasteiger partial charge in [-0.3, -0.25) is 19.5 Å². The molecule has 4 aromatic heterocycles. The SMILES string of the molecule is Cc1ncc(-c2ccc3c(C(=O)Nc4cc(NC(=O)CN5CC(C)(C)C5)cnc4C)nnn3c2)cn1. The number of aryl methyl sites for hydroxylation is 2. The number of nitrogens with zero attached hydrogens (tertiary/aromatic N) is 7. The third-order valence-corrected chi connectivity index (χ3v) is 6.03. The number of carbonyl (C=O) groups is 2. The monoisotopic (exact) mass is 485 g/mol. The highest BCUT2D eigenvalue weighted by Gasteiger charge is 2.34. The van der Waals surface area contributed by atoms with Crippen molar-refractivity contribution in [1.29, 1.82) is 0 Å². The molecule has 2 N–H and O–H groups in total. The van der Waals surface area contributed by atoms with Crippen LogP contribution in [0.1, 0.15) is 35.9 Å². The zero-order valence-corrected chi connectivity index (χ0v) is 20.6. The number of likely N-dealkylation sites (tertiary alicyclic amines) is 1. The highest BCUT2D eigenvalue weighted by atomic mass is 16.2. The van der Waals surface area contributed by atoms with Gasteiger partial charge < -0.3 is 10.6 Å². The Balaban J connectivity index is 1.29. The van der Waals surface area contributed by atoms with Gasteiger partial charge in [0.1, 0.15) is 5.82 Å². The van der Waals surface area contributed by atoms with Crippen LogP contribution >= 0.6 is 0 Å². The second kappa shape index (κ2) is 9.08. The van der Waals surface area contributed by atoms with E-state index in [1.165, 1.54) is 0 Å². The molecule has 0 bridgehead atoms. The van der Waals surface area contributed by atoms with Crippen LogP contribution in [0.15, 0.2) is 43.0 Å². The van der Waals surface area contributed by atoms with Crippen molar-refractivity contribution in [3.63, 3.8) is 0 Å². The molecule has 184 valence electrons. The highest BCUT2D eigenvalue weighted by molar-refractivity contribution is 6.08. The van der Waals surface area contributed by atoms with Crippen molar-refractivity contribution in [3.8, 4) is 11.1 Å². The minimum atomic E-state index is -0.424. The molecule has 0 spiro atoms. The van der Waals surface area contributed by atoms with E-state index in [1.807, 2.05) is 13.0 Å². The van der Waals surface area contributed by atoms with Crippen LogP contribution in [0.4, 0.5) is 11.4 Å². The summed E-state index contributed by atoms with van der Waals surface area (Å²) in [6, 6.07) is 5.34. The summed E-state index contributed by atoms with van der Waals surface area (Å²) in [7, 11) is 0. The van der Waals surface area contributed by atoms with Crippen LogP contribution in [0.5, 0.6) is 0 Å². The molecule has 1 aliphatic rings. The van der Waals surface area contributed by atoms with Crippen molar-refractivity contribution in [1.82, 2.24) is 34.7 Å². The number of rotatable bonds is 6. The van der Waals surface area contributed by atoms with Crippen LogP contribution in [-0.4, -0.2) is 66.1 Å². The number of amides is 2. The molecule has 5 rings (SSSR count). The molecule has 0 saturated carbocycles. The standard InChI is InChI=1S/C25H27N9O2/c1-15-20(7-19(10-26-15)29-22(35)12-33-13-25(3,4)14-33)30-24(36)23-21-6-5-17(11-34(21)32-31-23)18-8-27-16(2)28-9-18/h5-11H,12-14H2,1-4H3,(H,29,35)(H,30,36). The second-order valence-electron chi connectivity index (χ2n) is 9.87. The molecule has 1 saturated heterocycles. The van der Waals surface area contributed by atoms with E-state index in [2.05, 4.69) is 54.6 Å². The van der Waals surface area contributed by atoms with E-state index in [0.29, 0.717) is 35.0 Å². The van der Waals surface area contributed by atoms with Crippen LogP contribution in [-0.2, 0) is 4.79 Å². The molecular weight excluding hydrogens is 458 g/mol. The van der Waals surface area contributed by atoms with E-state index in [9.17, 15) is 9.59 Å². The van der Waals surface area contributed by atoms with Gasteiger partial charge in [-0.2, -0.15) is 0 Å². The van der Waals surface area contributed by atoms with Crippen molar-refractivity contribution >= 4 is 28.7 Å². The maximum Gasteiger partial charge on any atom is 0.278 e. The zero-order chi connectivity index (χ0) is 25.4. The molecule has 11 nitrogen and oxygen atoms in total. The first kappa shape index (κ1) is 23.5. The van der Waals surface area contributed by atoms with Crippen LogP contribution < -0.4 is 10.6 Å². The quantitative estimate of drug-likeness (QED) is 0.426. The van der Waals surface area contributed by atoms with Gasteiger partial charge in [0.05, 0.1) is 35.3 Å². The Kier molecular flexibility index (Phi) is 5.92. The summed E-state index contributed by atoms with van der Waals surface area (Å²) in [5.74, 6) is 0.147. The minimum absolute atomic E-state index is 0.118. The predicted molar refractivity (Wildman–Crippen MR) is 135 cm³/mol. The van der Waals surface area contributed by atoms with Gasteiger partial charge in [0, 0.05) is 42.8 Å². The van der Waals surface area contributed by atoms with Gasteiger partial charge in [0.2, 0.25) is 5.91 Å². The second-order valence-corrected chi connectivity index (χ2v) is 9.87. The molecular formula is C25H27N9O2. The Morgan fingerprint density at radius 2 is 1.75 bits per heavy atom. The molecule has 0 atom stereocenters. The van der Waals surface area contributed by atoms with Crippen LogP contribution in [0.3, 0.4) is 0 Å². The summed E-state index contributed by atoms with van der Waals surface area (Å²) in [4.78, 5) is 40.3. The Hall–Kier alpha value is -4.25. The lowest BCUT2D eigenvalue weighted by atomic mass is 9.84. The van der Waals surface area contributed by atoms with Gasteiger partial charge in [0.15, 0.2) is 5.69 Å². The summed E-state index contributed by atoms with van der Waals surface area (Å²) in [5, 5.41) is 13.9. The third-order valence-electron chi connectivity index (χ3n) is 6.03. The lowest BCUT2D eigenvalue weighted by molar-refractivity contribution is -0.120. The number of pyridine rings is 2. The van der Waals surface area contributed by atoms with E-state index in [-0.39, 0.29) is 17.0 Å². The maximum absolute atomic E-state index is 13.1. The first-order chi connectivity index (χ1) is 17.2. The molecule has 0 aliphatic carbocycles. The summed E-state index contributed by atoms with van der Waals surface area (Å²) in [6.45, 7) is 10.1. The number of fused-ring (bicyclic) bond motifs is 1. The van der Waals surface area contributed by atoms with E-state index in [4.69, 9.17) is 0 Å². The number of hydrogen-bond acceptors (Lipinski definition) is 8. The lowest BCUT2D eigenvalue weighted by Gasteiger charge is -2.45. The fraction of sp³-hybridized carbons (Fsp3) is 0.320. The van der Waals surface area contributed by atoms with Crippen molar-refractivity contribution < 1.29 is 9.59 Å². The maximum atomic E-state index is 13.1. The van der Waals surface area contributed by atoms with E-state index in [0.717, 1.165) is 24.2 Å². The number of anilines is 2. The molecule has 5 heterocycles. The van der Waals surface area contributed by atoms with E-state index in [1.54, 1.807) is 48.4 Å². The molecule has 11 heteroatoms. The fourth-order valence-electron chi connectivity index (χ4n) is 4.36. The third kappa shape index (κ3) is 4.91. The van der Waals surface area contributed by atoms with Crippen molar-refractivity contribution in [2.75, 3.05) is 30.3 Å². The van der Waals surface area contributed by atoms with Crippen molar-refractivity contribution in [3.05, 3.63) is 60.2 Å². The zero-order valence-electron chi connectivity index (χ0n) is 20.6. The van der Waals surface area contributed by atoms with Gasteiger partial charge in [-0.25, -0.2) is 14.5 Å². The first-order valence-electron chi connectivity index (χ1n) is 11.6. The molecule has 0 radical (unpaired) electrons. The van der Waals surface area contributed by atoms with Crippen molar-refractivity contribution in [2.24, 2.45) is 5.41 Å². The van der Waals surface area contributed by atoms with Crippen molar-refractivity contribution in [2.45, 2.75) is 27.7 Å². The molecule has 0 unspecified atom stereocenters. The lowest BCUT2D eigenvalue weighted by Crippen LogP contribution is -2.54. The summed E-state index contributed by atoms with van der Waals surface area (Å²) >= 11 is 0. The summed E-state index contributed by atoms with van der Waals surface area (Å²) in [6.07, 6.45) is 6.82. The molecule has 36 heavy (non-hydrogen) atoms. The molecule has 0 aromatic carbocycles. The molecule has 1 aliphatic heterocycles. The molecule has 4 aromatic rings.